The molecule has 2 aliphatic rings. The molecule has 7 aromatic rings. The third kappa shape index (κ3) is 4.23. The van der Waals surface area contributed by atoms with Gasteiger partial charge in [0.05, 0.1) is 0 Å². The van der Waals surface area contributed by atoms with Gasteiger partial charge in [-0.2, -0.15) is 0 Å². The molecule has 0 spiro atoms. The van der Waals surface area contributed by atoms with Crippen molar-refractivity contribution in [3.63, 3.8) is 0 Å². The second-order valence-corrected chi connectivity index (χ2v) is 13.4. The maximum Gasteiger partial charge on any atom is 0.164 e. The molecule has 0 fully saturated rings. The van der Waals surface area contributed by atoms with Gasteiger partial charge in [0.25, 0.3) is 0 Å². The summed E-state index contributed by atoms with van der Waals surface area (Å²) < 4.78 is 2.67. The third-order valence-corrected chi connectivity index (χ3v) is 11.1. The van der Waals surface area contributed by atoms with Gasteiger partial charge < -0.3 is 0 Å². The van der Waals surface area contributed by atoms with E-state index in [0.717, 1.165) is 16.7 Å². The standard InChI is InChI=1S/C39H25N3S2/c1-3-11-24(12-4-1)37-40-38(25-13-5-2-6-14-25)42-39(41-37)30-21-20-27(36-35(30)29-16-8-10-18-33(29)44-36)26-19-22-34-31(23-26)28-15-7-9-17-32(28)43-34/h1-23,27,36H. The number of hydrogen-bond donors (Lipinski definition) is 0. The molecule has 0 saturated heterocycles. The Kier molecular flexibility index (Phi) is 6.06. The fourth-order valence-electron chi connectivity index (χ4n) is 6.44. The van der Waals surface area contributed by atoms with Crippen LogP contribution in [0.3, 0.4) is 0 Å². The summed E-state index contributed by atoms with van der Waals surface area (Å²) in [5.41, 5.74) is 6.94. The van der Waals surface area contributed by atoms with E-state index in [4.69, 9.17) is 15.0 Å². The minimum atomic E-state index is 0.215. The lowest BCUT2D eigenvalue weighted by Crippen LogP contribution is -2.17. The van der Waals surface area contributed by atoms with Crippen LogP contribution in [0.5, 0.6) is 0 Å². The largest absolute Gasteiger partial charge is 0.208 e. The van der Waals surface area contributed by atoms with Crippen molar-refractivity contribution in [3.05, 3.63) is 156 Å². The van der Waals surface area contributed by atoms with Crippen molar-refractivity contribution in [2.45, 2.75) is 16.1 Å². The van der Waals surface area contributed by atoms with Crippen LogP contribution in [-0.2, 0) is 0 Å². The van der Waals surface area contributed by atoms with E-state index in [0.29, 0.717) is 17.5 Å². The molecule has 1 aliphatic carbocycles. The smallest absolute Gasteiger partial charge is 0.164 e. The molecule has 0 bridgehead atoms. The predicted octanol–water partition coefficient (Wildman–Crippen LogP) is 10.3. The Balaban J connectivity index is 1.23. The Morgan fingerprint density at radius 2 is 1.18 bits per heavy atom. The van der Waals surface area contributed by atoms with Crippen molar-refractivity contribution >= 4 is 54.4 Å². The molecule has 0 amide bonds. The van der Waals surface area contributed by atoms with Crippen molar-refractivity contribution in [1.29, 1.82) is 0 Å². The van der Waals surface area contributed by atoms with Crippen LogP contribution in [-0.4, -0.2) is 20.2 Å². The Labute approximate surface area is 263 Å². The molecule has 2 aromatic heterocycles. The summed E-state index contributed by atoms with van der Waals surface area (Å²) in [4.78, 5) is 16.5. The van der Waals surface area contributed by atoms with Gasteiger partial charge in [0.15, 0.2) is 17.5 Å². The van der Waals surface area contributed by atoms with Crippen LogP contribution < -0.4 is 0 Å². The third-order valence-electron chi connectivity index (χ3n) is 8.53. The maximum atomic E-state index is 5.11. The molecule has 2 unspecified atom stereocenters. The molecule has 0 N–H and O–H groups in total. The summed E-state index contributed by atoms with van der Waals surface area (Å²) in [6, 6.07) is 44.9. The van der Waals surface area contributed by atoms with Crippen LogP contribution in [0.15, 0.2) is 144 Å². The molecule has 44 heavy (non-hydrogen) atoms. The molecular weight excluding hydrogens is 575 g/mol. The molecule has 3 heterocycles. The van der Waals surface area contributed by atoms with Crippen LogP contribution in [0.2, 0.25) is 0 Å². The van der Waals surface area contributed by atoms with Crippen molar-refractivity contribution < 1.29 is 0 Å². The molecule has 1 aliphatic heterocycles. The van der Waals surface area contributed by atoms with E-state index in [2.05, 4.69) is 103 Å². The normalized spacial score (nSPS) is 17.3. The summed E-state index contributed by atoms with van der Waals surface area (Å²) in [5.74, 6) is 2.30. The van der Waals surface area contributed by atoms with Gasteiger partial charge in [0, 0.05) is 52.9 Å². The first kappa shape index (κ1) is 25.6. The van der Waals surface area contributed by atoms with Gasteiger partial charge in [-0.05, 0) is 41.0 Å². The van der Waals surface area contributed by atoms with Crippen LogP contribution >= 0.6 is 23.1 Å². The second-order valence-electron chi connectivity index (χ2n) is 11.1. The van der Waals surface area contributed by atoms with E-state index in [9.17, 15) is 0 Å². The number of fused-ring (bicyclic) bond motifs is 6. The van der Waals surface area contributed by atoms with Crippen LogP contribution in [0, 0.1) is 0 Å². The number of hydrogen-bond acceptors (Lipinski definition) is 5. The highest BCUT2D eigenvalue weighted by Gasteiger charge is 2.38. The number of aromatic nitrogens is 3. The van der Waals surface area contributed by atoms with E-state index >= 15 is 0 Å². The van der Waals surface area contributed by atoms with Crippen molar-refractivity contribution in [1.82, 2.24) is 15.0 Å². The number of benzene rings is 5. The van der Waals surface area contributed by atoms with Gasteiger partial charge in [-0.25, -0.2) is 15.0 Å². The lowest BCUT2D eigenvalue weighted by atomic mass is 9.81. The highest BCUT2D eigenvalue weighted by atomic mass is 32.2. The van der Waals surface area contributed by atoms with Crippen molar-refractivity contribution in [2.75, 3.05) is 0 Å². The number of thiophene rings is 1. The van der Waals surface area contributed by atoms with E-state index in [1.165, 1.54) is 41.8 Å². The van der Waals surface area contributed by atoms with Crippen LogP contribution in [0.25, 0.3) is 54.1 Å². The quantitative estimate of drug-likeness (QED) is 0.202. The zero-order valence-electron chi connectivity index (χ0n) is 23.6. The summed E-state index contributed by atoms with van der Waals surface area (Å²) in [6.07, 6.45) is 4.63. The molecule has 0 radical (unpaired) electrons. The van der Waals surface area contributed by atoms with Crippen molar-refractivity contribution in [3.8, 4) is 22.8 Å². The molecule has 5 heteroatoms. The summed E-state index contributed by atoms with van der Waals surface area (Å²) in [6.45, 7) is 0. The van der Waals surface area contributed by atoms with Crippen molar-refractivity contribution in [2.24, 2.45) is 0 Å². The van der Waals surface area contributed by atoms with E-state index in [1.54, 1.807) is 0 Å². The summed E-state index contributed by atoms with van der Waals surface area (Å²) in [5, 5.41) is 2.89. The lowest BCUT2D eigenvalue weighted by molar-refractivity contribution is 0.892. The lowest BCUT2D eigenvalue weighted by Gasteiger charge is -2.27. The average Bonchev–Trinajstić information content (AvgIpc) is 3.67. The number of rotatable bonds is 4. The molecule has 5 aromatic carbocycles. The van der Waals surface area contributed by atoms with Crippen LogP contribution in [0.1, 0.15) is 22.9 Å². The fraction of sp³-hybridized carbons (Fsp3) is 0.0513. The Bertz CT molecular complexity index is 2210. The predicted molar refractivity (Wildman–Crippen MR) is 185 cm³/mol. The van der Waals surface area contributed by atoms with Gasteiger partial charge in [-0.15, -0.1) is 23.1 Å². The zero-order valence-corrected chi connectivity index (χ0v) is 25.2. The molecule has 0 saturated carbocycles. The van der Waals surface area contributed by atoms with E-state index in [1.807, 2.05) is 59.5 Å². The van der Waals surface area contributed by atoms with Crippen LogP contribution in [0.4, 0.5) is 0 Å². The van der Waals surface area contributed by atoms with Gasteiger partial charge in [0.2, 0.25) is 0 Å². The second kappa shape index (κ2) is 10.4. The molecular formula is C39H25N3S2. The van der Waals surface area contributed by atoms with Gasteiger partial charge in [-0.1, -0.05) is 115 Å². The first-order valence-electron chi connectivity index (χ1n) is 14.8. The van der Waals surface area contributed by atoms with Gasteiger partial charge in [-0.3, -0.25) is 0 Å². The first-order valence-corrected chi connectivity index (χ1v) is 16.5. The monoisotopic (exact) mass is 599 g/mol. The summed E-state index contributed by atoms with van der Waals surface area (Å²) >= 11 is 3.82. The minimum Gasteiger partial charge on any atom is -0.208 e. The first-order chi connectivity index (χ1) is 21.8. The molecule has 3 nitrogen and oxygen atoms in total. The SMILES string of the molecule is C1=CC(c2ccc3sc4ccccc4c3c2)C2Sc3ccccc3C2=C1c1nc(-c2ccccc2)nc(-c2ccccc2)n1. The number of allylic oxidation sites excluding steroid dienone is 3. The molecule has 208 valence electrons. The van der Waals surface area contributed by atoms with Gasteiger partial charge >= 0.3 is 0 Å². The highest BCUT2D eigenvalue weighted by molar-refractivity contribution is 8.01. The van der Waals surface area contributed by atoms with E-state index in [-0.39, 0.29) is 11.2 Å². The maximum absolute atomic E-state index is 5.11. The number of thioether (sulfide) groups is 1. The zero-order chi connectivity index (χ0) is 29.0. The average molecular weight is 600 g/mol. The Hall–Kier alpha value is -4.84. The Morgan fingerprint density at radius 1 is 0.545 bits per heavy atom. The summed E-state index contributed by atoms with van der Waals surface area (Å²) in [7, 11) is 0. The number of nitrogens with zero attached hydrogens (tertiary/aromatic N) is 3. The fourth-order valence-corrected chi connectivity index (χ4v) is 9.03. The molecule has 9 rings (SSSR count). The topological polar surface area (TPSA) is 38.7 Å². The highest BCUT2D eigenvalue weighted by Crippen LogP contribution is 2.55. The molecule has 2 atom stereocenters. The Morgan fingerprint density at radius 3 is 1.95 bits per heavy atom. The van der Waals surface area contributed by atoms with E-state index < -0.39 is 0 Å². The van der Waals surface area contributed by atoms with Gasteiger partial charge in [0.1, 0.15) is 0 Å². The minimum absolute atomic E-state index is 0.215.